The van der Waals surface area contributed by atoms with E-state index in [-0.39, 0.29) is 28.4 Å². The van der Waals surface area contributed by atoms with Gasteiger partial charge < -0.3 is 10.5 Å². The van der Waals surface area contributed by atoms with E-state index in [9.17, 15) is 17.6 Å². The molecular formula is C25H21ClFN3O4S. The fraction of sp³-hybridized carbons (Fsp3) is 0.160. The van der Waals surface area contributed by atoms with Crippen LogP contribution >= 0.6 is 11.6 Å². The molecule has 0 fully saturated rings. The zero-order valence-electron chi connectivity index (χ0n) is 18.4. The summed E-state index contributed by atoms with van der Waals surface area (Å²) < 4.78 is 46.0. The van der Waals surface area contributed by atoms with Crippen molar-refractivity contribution >= 4 is 38.2 Å². The van der Waals surface area contributed by atoms with Crippen LogP contribution in [0.1, 0.15) is 19.3 Å². The average Bonchev–Trinajstić information content (AvgIpc) is 2.83. The van der Waals surface area contributed by atoms with E-state index in [0.29, 0.717) is 40.2 Å². The first-order valence-corrected chi connectivity index (χ1v) is 12.8. The number of primary amides is 1. The molecule has 1 aromatic heterocycles. The summed E-state index contributed by atoms with van der Waals surface area (Å²) in [5.41, 5.74) is 6.14. The number of unbranched alkanes of at least 4 members (excludes halogenated alkanes) is 1. The Balaban J connectivity index is 1.60. The second-order valence-electron chi connectivity index (χ2n) is 7.82. The number of fused-ring (bicyclic) bond motifs is 1. The first-order valence-electron chi connectivity index (χ1n) is 10.7. The van der Waals surface area contributed by atoms with Crippen molar-refractivity contribution in [2.45, 2.75) is 24.2 Å². The third kappa shape index (κ3) is 5.75. The van der Waals surface area contributed by atoms with Gasteiger partial charge in [-0.05, 0) is 55.3 Å². The number of nitrogens with zero attached hydrogens (tertiary/aromatic N) is 2. The van der Waals surface area contributed by atoms with Gasteiger partial charge in [-0.15, -0.1) is 0 Å². The molecular weight excluding hydrogens is 493 g/mol. The Morgan fingerprint density at radius 1 is 1.00 bits per heavy atom. The molecule has 0 atom stereocenters. The molecule has 1 amide bonds. The van der Waals surface area contributed by atoms with Crippen LogP contribution in [0.5, 0.6) is 11.5 Å². The summed E-state index contributed by atoms with van der Waals surface area (Å²) in [4.78, 5) is 19.4. The van der Waals surface area contributed by atoms with Crippen LogP contribution in [0.4, 0.5) is 4.39 Å². The molecule has 0 aliphatic carbocycles. The Labute approximate surface area is 206 Å². The number of carbonyl (C=O) groups is 1. The van der Waals surface area contributed by atoms with Gasteiger partial charge in [0.05, 0.1) is 26.9 Å². The Hall–Kier alpha value is -3.56. The van der Waals surface area contributed by atoms with Crippen molar-refractivity contribution in [3.8, 4) is 22.8 Å². The zero-order chi connectivity index (χ0) is 25.0. The van der Waals surface area contributed by atoms with Crippen molar-refractivity contribution in [1.29, 1.82) is 0 Å². The fourth-order valence-corrected chi connectivity index (χ4v) is 5.22. The fourth-order valence-electron chi connectivity index (χ4n) is 3.59. The Morgan fingerprint density at radius 3 is 2.57 bits per heavy atom. The molecule has 0 saturated heterocycles. The van der Waals surface area contributed by atoms with Crippen LogP contribution in [0, 0.1) is 5.82 Å². The molecule has 0 saturated carbocycles. The van der Waals surface area contributed by atoms with Crippen molar-refractivity contribution in [3.63, 3.8) is 0 Å². The van der Waals surface area contributed by atoms with E-state index in [1.54, 1.807) is 30.3 Å². The molecule has 0 unspecified atom stereocenters. The van der Waals surface area contributed by atoms with E-state index in [0.717, 1.165) is 0 Å². The number of sulfone groups is 1. The molecule has 180 valence electrons. The molecule has 4 aromatic rings. The van der Waals surface area contributed by atoms with Crippen LogP contribution in [-0.4, -0.2) is 30.0 Å². The largest absolute Gasteiger partial charge is 0.457 e. The normalized spacial score (nSPS) is 11.5. The lowest BCUT2D eigenvalue weighted by Gasteiger charge is -2.11. The molecule has 1 heterocycles. The maximum atomic E-state index is 14.8. The van der Waals surface area contributed by atoms with Gasteiger partial charge in [0.25, 0.3) is 0 Å². The number of rotatable bonds is 9. The minimum Gasteiger partial charge on any atom is -0.457 e. The number of para-hydroxylation sites is 1. The number of benzene rings is 3. The number of hydrogen-bond acceptors (Lipinski definition) is 6. The monoisotopic (exact) mass is 513 g/mol. The molecule has 2 N–H and O–H groups in total. The summed E-state index contributed by atoms with van der Waals surface area (Å²) in [7, 11) is -3.58. The van der Waals surface area contributed by atoms with Gasteiger partial charge in [0, 0.05) is 17.4 Å². The first-order chi connectivity index (χ1) is 16.7. The minimum absolute atomic E-state index is 0.0906. The zero-order valence-corrected chi connectivity index (χ0v) is 20.0. The van der Waals surface area contributed by atoms with Crippen molar-refractivity contribution in [2.24, 2.45) is 5.73 Å². The smallest absolute Gasteiger partial charge is 0.217 e. The molecule has 0 bridgehead atoms. The number of nitrogens with two attached hydrogens (primary N) is 1. The van der Waals surface area contributed by atoms with E-state index in [2.05, 4.69) is 9.97 Å². The van der Waals surface area contributed by atoms with Crippen molar-refractivity contribution in [1.82, 2.24) is 9.97 Å². The van der Waals surface area contributed by atoms with E-state index in [1.807, 2.05) is 0 Å². The average molecular weight is 514 g/mol. The molecule has 0 aliphatic rings. The molecule has 10 heteroatoms. The number of amides is 1. The molecule has 7 nitrogen and oxygen atoms in total. The predicted molar refractivity (Wildman–Crippen MR) is 132 cm³/mol. The number of hydrogen-bond donors (Lipinski definition) is 1. The number of ether oxygens (including phenoxy) is 1. The van der Waals surface area contributed by atoms with E-state index < -0.39 is 21.6 Å². The van der Waals surface area contributed by atoms with Gasteiger partial charge in [-0.3, -0.25) is 4.79 Å². The minimum atomic E-state index is -3.58. The van der Waals surface area contributed by atoms with E-state index >= 15 is 0 Å². The molecule has 0 aliphatic heterocycles. The van der Waals surface area contributed by atoms with Crippen LogP contribution in [-0.2, 0) is 14.6 Å². The number of halogens is 2. The van der Waals surface area contributed by atoms with Crippen LogP contribution in [0.3, 0.4) is 0 Å². The third-order valence-electron chi connectivity index (χ3n) is 5.30. The van der Waals surface area contributed by atoms with E-state index in [1.165, 1.54) is 36.7 Å². The SMILES string of the molecule is NC(=O)CCCCS(=O)(=O)c1cccc(Oc2ccc(F)c(-c3ncnc4c(Cl)cccc34)c2)c1. The topological polar surface area (TPSA) is 112 Å². The lowest BCUT2D eigenvalue weighted by atomic mass is 10.1. The molecule has 0 radical (unpaired) electrons. The van der Waals surface area contributed by atoms with Crippen LogP contribution in [0.25, 0.3) is 22.2 Å². The Kier molecular flexibility index (Phi) is 7.28. The van der Waals surface area contributed by atoms with Gasteiger partial charge in [0.15, 0.2) is 9.84 Å². The summed E-state index contributed by atoms with van der Waals surface area (Å²) in [6.07, 6.45) is 2.16. The van der Waals surface area contributed by atoms with Crippen molar-refractivity contribution in [3.05, 3.63) is 77.8 Å². The standard InChI is InChI=1S/C25H21ClFN3O4S/c26-21-8-4-7-19-24(29-15-30-25(19)21)20-14-17(10-11-22(20)27)34-16-5-3-6-18(13-16)35(32,33)12-2-1-9-23(28)31/h3-8,10-11,13-15H,1-2,9,12H2,(H2,28,31). The quantitative estimate of drug-likeness (QED) is 0.303. The summed E-state index contributed by atoms with van der Waals surface area (Å²) in [5, 5.41) is 1.01. The third-order valence-corrected chi connectivity index (χ3v) is 7.40. The van der Waals surface area contributed by atoms with Crippen LogP contribution in [0.15, 0.2) is 71.9 Å². The van der Waals surface area contributed by atoms with Gasteiger partial charge in [-0.1, -0.05) is 29.8 Å². The van der Waals surface area contributed by atoms with Gasteiger partial charge in [-0.2, -0.15) is 0 Å². The lowest BCUT2D eigenvalue weighted by molar-refractivity contribution is -0.118. The highest BCUT2D eigenvalue weighted by atomic mass is 35.5. The summed E-state index contributed by atoms with van der Waals surface area (Å²) in [5.74, 6) is -0.518. The van der Waals surface area contributed by atoms with Crippen LogP contribution < -0.4 is 10.5 Å². The Bertz CT molecular complexity index is 1510. The highest BCUT2D eigenvalue weighted by Crippen LogP contribution is 2.34. The number of aromatic nitrogens is 2. The second-order valence-corrected chi connectivity index (χ2v) is 10.3. The second kappa shape index (κ2) is 10.4. The highest BCUT2D eigenvalue weighted by molar-refractivity contribution is 7.91. The predicted octanol–water partition coefficient (Wildman–Crippen LogP) is 5.31. The van der Waals surface area contributed by atoms with Crippen molar-refractivity contribution in [2.75, 3.05) is 5.75 Å². The molecule has 4 rings (SSSR count). The van der Waals surface area contributed by atoms with Crippen LogP contribution in [0.2, 0.25) is 5.02 Å². The van der Waals surface area contributed by atoms with E-state index in [4.69, 9.17) is 22.1 Å². The summed E-state index contributed by atoms with van der Waals surface area (Å²) in [6, 6.07) is 15.4. The summed E-state index contributed by atoms with van der Waals surface area (Å²) in [6.45, 7) is 0. The van der Waals surface area contributed by atoms with Gasteiger partial charge in [0.1, 0.15) is 23.6 Å². The maximum Gasteiger partial charge on any atom is 0.217 e. The molecule has 0 spiro atoms. The van der Waals surface area contributed by atoms with Gasteiger partial charge in [0.2, 0.25) is 5.91 Å². The number of carbonyl (C=O) groups excluding carboxylic acids is 1. The maximum absolute atomic E-state index is 14.8. The molecule has 3 aromatic carbocycles. The lowest BCUT2D eigenvalue weighted by Crippen LogP contribution is -2.12. The van der Waals surface area contributed by atoms with Gasteiger partial charge in [-0.25, -0.2) is 22.8 Å². The van der Waals surface area contributed by atoms with Crippen molar-refractivity contribution < 1.29 is 22.3 Å². The summed E-state index contributed by atoms with van der Waals surface area (Å²) >= 11 is 6.22. The molecule has 35 heavy (non-hydrogen) atoms. The highest BCUT2D eigenvalue weighted by Gasteiger charge is 2.17. The Morgan fingerprint density at radius 2 is 1.77 bits per heavy atom. The van der Waals surface area contributed by atoms with Gasteiger partial charge >= 0.3 is 0 Å². The first kappa shape index (κ1) is 24.6.